The number of hydrogen-bond acceptors (Lipinski definition) is 1. The fourth-order valence-corrected chi connectivity index (χ4v) is 3.37. The Morgan fingerprint density at radius 3 is 2.37 bits per heavy atom. The second-order valence-electron chi connectivity index (χ2n) is 6.01. The van der Waals surface area contributed by atoms with Gasteiger partial charge in [-0.2, -0.15) is 0 Å². The molecule has 2 atom stereocenters. The standard InChI is InChI=1S/C18H29N/c1-3-15-9-11-16(12-10-15)13-17-7-5-6-8-18(14-17)19-4-2/h9-12,17-19H,3-8,13-14H2,1-2H3. The Morgan fingerprint density at radius 2 is 1.68 bits per heavy atom. The predicted molar refractivity (Wildman–Crippen MR) is 83.6 cm³/mol. The quantitative estimate of drug-likeness (QED) is 0.775. The molecule has 1 aliphatic rings. The molecule has 0 spiro atoms. The molecule has 1 heteroatoms. The van der Waals surface area contributed by atoms with Crippen LogP contribution in [0.5, 0.6) is 0 Å². The summed E-state index contributed by atoms with van der Waals surface area (Å²) in [6.07, 6.45) is 9.39. The first kappa shape index (κ1) is 14.6. The van der Waals surface area contributed by atoms with Crippen molar-refractivity contribution in [3.8, 4) is 0 Å². The predicted octanol–water partition coefficient (Wildman–Crippen LogP) is 4.35. The zero-order chi connectivity index (χ0) is 13.5. The van der Waals surface area contributed by atoms with Crippen LogP contribution in [0.1, 0.15) is 57.1 Å². The first-order valence-corrected chi connectivity index (χ1v) is 8.13. The van der Waals surface area contributed by atoms with Crippen LogP contribution in [0.3, 0.4) is 0 Å². The molecule has 2 unspecified atom stereocenters. The highest BCUT2D eigenvalue weighted by Crippen LogP contribution is 2.26. The molecule has 1 aromatic rings. The van der Waals surface area contributed by atoms with Crippen LogP contribution in [-0.4, -0.2) is 12.6 Å². The molecular formula is C18H29N. The van der Waals surface area contributed by atoms with Gasteiger partial charge in [-0.05, 0) is 49.3 Å². The Hall–Kier alpha value is -0.820. The lowest BCUT2D eigenvalue weighted by Gasteiger charge is -2.20. The minimum absolute atomic E-state index is 0.757. The van der Waals surface area contributed by atoms with Gasteiger partial charge < -0.3 is 5.32 Å². The van der Waals surface area contributed by atoms with Crippen molar-refractivity contribution in [2.24, 2.45) is 5.92 Å². The Balaban J connectivity index is 1.92. The van der Waals surface area contributed by atoms with Crippen molar-refractivity contribution in [3.63, 3.8) is 0 Å². The molecule has 0 bridgehead atoms. The van der Waals surface area contributed by atoms with Gasteiger partial charge in [0.15, 0.2) is 0 Å². The van der Waals surface area contributed by atoms with E-state index in [1.54, 1.807) is 0 Å². The summed E-state index contributed by atoms with van der Waals surface area (Å²) in [4.78, 5) is 0. The highest BCUT2D eigenvalue weighted by molar-refractivity contribution is 5.22. The van der Waals surface area contributed by atoms with E-state index in [-0.39, 0.29) is 0 Å². The van der Waals surface area contributed by atoms with Crippen molar-refractivity contribution >= 4 is 0 Å². The summed E-state index contributed by atoms with van der Waals surface area (Å²) in [5.74, 6) is 0.874. The van der Waals surface area contributed by atoms with E-state index in [9.17, 15) is 0 Å². The van der Waals surface area contributed by atoms with Gasteiger partial charge in [0.2, 0.25) is 0 Å². The van der Waals surface area contributed by atoms with Crippen molar-refractivity contribution in [1.82, 2.24) is 5.32 Å². The van der Waals surface area contributed by atoms with E-state index < -0.39 is 0 Å². The minimum Gasteiger partial charge on any atom is -0.314 e. The van der Waals surface area contributed by atoms with E-state index in [0.29, 0.717) is 0 Å². The summed E-state index contributed by atoms with van der Waals surface area (Å²) >= 11 is 0. The maximum Gasteiger partial charge on any atom is 0.00696 e. The van der Waals surface area contributed by atoms with Crippen LogP contribution in [-0.2, 0) is 12.8 Å². The average Bonchev–Trinajstić information content (AvgIpc) is 2.65. The largest absolute Gasteiger partial charge is 0.314 e. The highest BCUT2D eigenvalue weighted by Gasteiger charge is 2.19. The van der Waals surface area contributed by atoms with Crippen molar-refractivity contribution in [3.05, 3.63) is 35.4 Å². The molecule has 1 fully saturated rings. The number of aryl methyl sites for hydroxylation is 1. The van der Waals surface area contributed by atoms with Crippen LogP contribution in [0.4, 0.5) is 0 Å². The topological polar surface area (TPSA) is 12.0 Å². The average molecular weight is 259 g/mol. The molecule has 0 radical (unpaired) electrons. The molecule has 1 saturated carbocycles. The van der Waals surface area contributed by atoms with Gasteiger partial charge in [0.25, 0.3) is 0 Å². The Bertz CT molecular complexity index is 354. The van der Waals surface area contributed by atoms with Crippen molar-refractivity contribution < 1.29 is 0 Å². The molecule has 1 N–H and O–H groups in total. The van der Waals surface area contributed by atoms with Gasteiger partial charge in [0.1, 0.15) is 0 Å². The Kier molecular flexibility index (Phi) is 5.91. The zero-order valence-corrected chi connectivity index (χ0v) is 12.6. The molecule has 0 aliphatic heterocycles. The third-order valence-electron chi connectivity index (χ3n) is 4.48. The van der Waals surface area contributed by atoms with E-state index in [0.717, 1.165) is 24.9 Å². The van der Waals surface area contributed by atoms with Crippen molar-refractivity contribution in [2.75, 3.05) is 6.54 Å². The number of rotatable bonds is 5. The van der Waals surface area contributed by atoms with E-state index in [2.05, 4.69) is 43.4 Å². The van der Waals surface area contributed by atoms with Crippen LogP contribution in [0.25, 0.3) is 0 Å². The molecular weight excluding hydrogens is 230 g/mol. The normalized spacial score (nSPS) is 24.1. The van der Waals surface area contributed by atoms with Crippen molar-refractivity contribution in [1.29, 1.82) is 0 Å². The molecule has 1 aromatic carbocycles. The zero-order valence-electron chi connectivity index (χ0n) is 12.6. The van der Waals surface area contributed by atoms with Gasteiger partial charge in [0.05, 0.1) is 0 Å². The van der Waals surface area contributed by atoms with E-state index in [1.807, 2.05) is 0 Å². The van der Waals surface area contributed by atoms with Gasteiger partial charge in [-0.3, -0.25) is 0 Å². The van der Waals surface area contributed by atoms with Crippen LogP contribution in [0, 0.1) is 5.92 Å². The molecule has 0 heterocycles. The number of hydrogen-bond donors (Lipinski definition) is 1. The molecule has 19 heavy (non-hydrogen) atoms. The summed E-state index contributed by atoms with van der Waals surface area (Å²) in [6, 6.07) is 10.0. The molecule has 1 nitrogen and oxygen atoms in total. The lowest BCUT2D eigenvalue weighted by molar-refractivity contribution is 0.389. The fraction of sp³-hybridized carbons (Fsp3) is 0.667. The molecule has 0 aromatic heterocycles. The molecule has 106 valence electrons. The van der Waals surface area contributed by atoms with Crippen LogP contribution < -0.4 is 5.32 Å². The summed E-state index contributed by atoms with van der Waals surface area (Å²) in [7, 11) is 0. The molecule has 0 saturated heterocycles. The second-order valence-corrected chi connectivity index (χ2v) is 6.01. The van der Waals surface area contributed by atoms with Crippen molar-refractivity contribution in [2.45, 2.75) is 64.8 Å². The third-order valence-corrected chi connectivity index (χ3v) is 4.48. The van der Waals surface area contributed by atoms with E-state index in [4.69, 9.17) is 0 Å². The summed E-state index contributed by atoms with van der Waals surface area (Å²) < 4.78 is 0. The van der Waals surface area contributed by atoms with Gasteiger partial charge in [-0.1, -0.05) is 57.4 Å². The molecule has 0 amide bonds. The third kappa shape index (κ3) is 4.65. The maximum atomic E-state index is 3.66. The smallest absolute Gasteiger partial charge is 0.00696 e. The van der Waals surface area contributed by atoms with Gasteiger partial charge in [-0.25, -0.2) is 0 Å². The molecule has 1 aliphatic carbocycles. The van der Waals surface area contributed by atoms with Gasteiger partial charge >= 0.3 is 0 Å². The number of benzene rings is 1. The summed E-state index contributed by atoms with van der Waals surface area (Å²) in [5, 5.41) is 3.66. The molecule has 2 rings (SSSR count). The minimum atomic E-state index is 0.757. The first-order valence-electron chi connectivity index (χ1n) is 8.13. The maximum absolute atomic E-state index is 3.66. The monoisotopic (exact) mass is 259 g/mol. The van der Waals surface area contributed by atoms with Gasteiger partial charge in [0, 0.05) is 6.04 Å². The fourth-order valence-electron chi connectivity index (χ4n) is 3.37. The van der Waals surface area contributed by atoms with E-state index in [1.165, 1.54) is 49.7 Å². The van der Waals surface area contributed by atoms with E-state index >= 15 is 0 Å². The second kappa shape index (κ2) is 7.69. The van der Waals surface area contributed by atoms with Crippen LogP contribution in [0.2, 0.25) is 0 Å². The van der Waals surface area contributed by atoms with Gasteiger partial charge in [-0.15, -0.1) is 0 Å². The summed E-state index contributed by atoms with van der Waals surface area (Å²) in [6.45, 7) is 5.56. The lowest BCUT2D eigenvalue weighted by atomic mass is 9.90. The first-order chi connectivity index (χ1) is 9.31. The Labute approximate surface area is 118 Å². The number of nitrogens with one attached hydrogen (secondary N) is 1. The summed E-state index contributed by atoms with van der Waals surface area (Å²) in [5.41, 5.74) is 2.98. The lowest BCUT2D eigenvalue weighted by Crippen LogP contribution is -2.30. The van der Waals surface area contributed by atoms with Crippen LogP contribution >= 0.6 is 0 Å². The SMILES string of the molecule is CCNC1CCCCC(Cc2ccc(CC)cc2)C1. The Morgan fingerprint density at radius 1 is 1.00 bits per heavy atom. The van der Waals surface area contributed by atoms with Crippen LogP contribution in [0.15, 0.2) is 24.3 Å². The highest BCUT2D eigenvalue weighted by atomic mass is 14.9.